The lowest BCUT2D eigenvalue weighted by atomic mass is 10.2. The summed E-state index contributed by atoms with van der Waals surface area (Å²) in [7, 11) is 0. The second-order valence-corrected chi connectivity index (χ2v) is 3.32. The van der Waals surface area contributed by atoms with E-state index in [4.69, 9.17) is 0 Å². The predicted molar refractivity (Wildman–Crippen MR) is 55.2 cm³/mol. The largest absolute Gasteiger partial charge is 0.375 e. The monoisotopic (exact) mass is 204 g/mol. The third-order valence-electron chi connectivity index (χ3n) is 2.03. The number of aromatic nitrogens is 5. The summed E-state index contributed by atoms with van der Waals surface area (Å²) in [6, 6.07) is 3.89. The molecule has 0 aromatic carbocycles. The van der Waals surface area contributed by atoms with Gasteiger partial charge in [0, 0.05) is 17.6 Å². The van der Waals surface area contributed by atoms with Crippen molar-refractivity contribution in [2.45, 2.75) is 19.9 Å². The molecule has 0 bridgehead atoms. The highest BCUT2D eigenvalue weighted by molar-refractivity contribution is 5.44. The van der Waals surface area contributed by atoms with Gasteiger partial charge in [-0.05, 0) is 26.0 Å². The van der Waals surface area contributed by atoms with Crippen molar-refractivity contribution in [2.75, 3.05) is 5.32 Å². The zero-order chi connectivity index (χ0) is 10.7. The highest BCUT2D eigenvalue weighted by Crippen LogP contribution is 2.15. The SMILES string of the molecule is Cc1cc(NC(C)c2nn[nH]n2)ccn1. The molecule has 2 aromatic rings. The van der Waals surface area contributed by atoms with Gasteiger partial charge in [-0.1, -0.05) is 5.21 Å². The number of hydrogen-bond donors (Lipinski definition) is 2. The van der Waals surface area contributed by atoms with Gasteiger partial charge in [0.2, 0.25) is 0 Å². The number of nitrogens with zero attached hydrogens (tertiary/aromatic N) is 4. The molecule has 6 heteroatoms. The van der Waals surface area contributed by atoms with Crippen LogP contribution in [0.25, 0.3) is 0 Å². The number of H-pyrrole nitrogens is 1. The number of aryl methyl sites for hydroxylation is 1. The Balaban J connectivity index is 2.09. The molecule has 0 amide bonds. The van der Waals surface area contributed by atoms with Gasteiger partial charge in [0.05, 0.1) is 6.04 Å². The van der Waals surface area contributed by atoms with Gasteiger partial charge in [-0.2, -0.15) is 5.21 Å². The minimum absolute atomic E-state index is 0.0190. The number of nitrogens with one attached hydrogen (secondary N) is 2. The van der Waals surface area contributed by atoms with E-state index in [0.717, 1.165) is 11.4 Å². The van der Waals surface area contributed by atoms with Crippen molar-refractivity contribution in [3.63, 3.8) is 0 Å². The quantitative estimate of drug-likeness (QED) is 0.782. The molecule has 0 aliphatic rings. The molecule has 6 nitrogen and oxygen atoms in total. The van der Waals surface area contributed by atoms with Gasteiger partial charge in [-0.25, -0.2) is 0 Å². The molecular weight excluding hydrogens is 192 g/mol. The molecule has 0 aliphatic heterocycles. The second-order valence-electron chi connectivity index (χ2n) is 3.32. The Hall–Kier alpha value is -1.98. The Bertz CT molecular complexity index is 424. The minimum Gasteiger partial charge on any atom is -0.375 e. The van der Waals surface area contributed by atoms with Gasteiger partial charge in [-0.3, -0.25) is 4.98 Å². The van der Waals surface area contributed by atoms with Crippen molar-refractivity contribution in [1.82, 2.24) is 25.6 Å². The van der Waals surface area contributed by atoms with Gasteiger partial charge >= 0.3 is 0 Å². The van der Waals surface area contributed by atoms with Crippen molar-refractivity contribution in [2.24, 2.45) is 0 Å². The fourth-order valence-corrected chi connectivity index (χ4v) is 1.30. The summed E-state index contributed by atoms with van der Waals surface area (Å²) in [4.78, 5) is 4.12. The van der Waals surface area contributed by atoms with Crippen molar-refractivity contribution in [1.29, 1.82) is 0 Å². The van der Waals surface area contributed by atoms with Gasteiger partial charge in [-0.15, -0.1) is 10.2 Å². The highest BCUT2D eigenvalue weighted by Gasteiger charge is 2.09. The molecule has 0 fully saturated rings. The van der Waals surface area contributed by atoms with Gasteiger partial charge in [0.15, 0.2) is 5.82 Å². The molecule has 0 saturated carbocycles. The molecule has 78 valence electrons. The van der Waals surface area contributed by atoms with Gasteiger partial charge in [0.1, 0.15) is 0 Å². The van der Waals surface area contributed by atoms with E-state index in [2.05, 4.69) is 30.9 Å². The van der Waals surface area contributed by atoms with E-state index in [9.17, 15) is 0 Å². The lowest BCUT2D eigenvalue weighted by molar-refractivity contribution is 0.793. The summed E-state index contributed by atoms with van der Waals surface area (Å²) in [5.74, 6) is 0.643. The van der Waals surface area contributed by atoms with E-state index in [1.54, 1.807) is 6.20 Å². The second kappa shape index (κ2) is 4.04. The lowest BCUT2D eigenvalue weighted by Crippen LogP contribution is -2.08. The summed E-state index contributed by atoms with van der Waals surface area (Å²) < 4.78 is 0. The lowest BCUT2D eigenvalue weighted by Gasteiger charge is -2.11. The van der Waals surface area contributed by atoms with Crippen LogP contribution in [-0.4, -0.2) is 25.6 Å². The number of hydrogen-bond acceptors (Lipinski definition) is 5. The molecule has 0 spiro atoms. The molecule has 1 unspecified atom stereocenters. The molecule has 0 saturated heterocycles. The van der Waals surface area contributed by atoms with Gasteiger partial charge < -0.3 is 5.32 Å². The Kier molecular flexibility index (Phi) is 2.57. The zero-order valence-corrected chi connectivity index (χ0v) is 8.60. The Morgan fingerprint density at radius 2 is 2.33 bits per heavy atom. The van der Waals surface area contributed by atoms with E-state index >= 15 is 0 Å². The fraction of sp³-hybridized carbons (Fsp3) is 0.333. The molecule has 0 aliphatic carbocycles. The first-order valence-corrected chi connectivity index (χ1v) is 4.68. The average Bonchev–Trinajstić information content (AvgIpc) is 2.70. The minimum atomic E-state index is 0.0190. The van der Waals surface area contributed by atoms with Crippen molar-refractivity contribution in [3.05, 3.63) is 29.8 Å². The first kappa shape index (κ1) is 9.57. The first-order valence-electron chi connectivity index (χ1n) is 4.68. The molecule has 2 heterocycles. The van der Waals surface area contributed by atoms with E-state index < -0.39 is 0 Å². The van der Waals surface area contributed by atoms with E-state index in [0.29, 0.717) is 5.82 Å². The zero-order valence-electron chi connectivity index (χ0n) is 8.60. The Morgan fingerprint density at radius 1 is 1.47 bits per heavy atom. The molecule has 0 radical (unpaired) electrons. The maximum Gasteiger partial charge on any atom is 0.196 e. The number of pyridine rings is 1. The van der Waals surface area contributed by atoms with Crippen LogP contribution in [0.15, 0.2) is 18.3 Å². The van der Waals surface area contributed by atoms with Crippen LogP contribution in [0.2, 0.25) is 0 Å². The van der Waals surface area contributed by atoms with Crippen LogP contribution in [0, 0.1) is 6.92 Å². The number of rotatable bonds is 3. The smallest absolute Gasteiger partial charge is 0.196 e. The number of anilines is 1. The average molecular weight is 204 g/mol. The van der Waals surface area contributed by atoms with Crippen LogP contribution in [0.1, 0.15) is 24.5 Å². The summed E-state index contributed by atoms with van der Waals surface area (Å²) in [5.41, 5.74) is 1.97. The molecule has 2 N–H and O–H groups in total. The van der Waals surface area contributed by atoms with Gasteiger partial charge in [0.25, 0.3) is 0 Å². The molecule has 15 heavy (non-hydrogen) atoms. The maximum atomic E-state index is 4.12. The highest BCUT2D eigenvalue weighted by atomic mass is 15.5. The third kappa shape index (κ3) is 2.28. The van der Waals surface area contributed by atoms with E-state index in [1.807, 2.05) is 26.0 Å². The molecular formula is C9H12N6. The normalized spacial score (nSPS) is 12.4. The predicted octanol–water partition coefficient (Wildman–Crippen LogP) is 1.08. The van der Waals surface area contributed by atoms with Crippen LogP contribution in [0.5, 0.6) is 0 Å². The van der Waals surface area contributed by atoms with Crippen LogP contribution in [-0.2, 0) is 0 Å². The summed E-state index contributed by atoms with van der Waals surface area (Å²) in [6.07, 6.45) is 1.76. The first-order chi connectivity index (χ1) is 7.25. The fourth-order valence-electron chi connectivity index (χ4n) is 1.30. The maximum absolute atomic E-state index is 4.12. The number of tetrazole rings is 1. The van der Waals surface area contributed by atoms with Crippen LogP contribution >= 0.6 is 0 Å². The standard InChI is InChI=1S/C9H12N6/c1-6-5-8(3-4-10-6)11-7(2)9-12-14-15-13-9/h3-5,7H,1-2H3,(H,10,11)(H,12,13,14,15). The van der Waals surface area contributed by atoms with Crippen LogP contribution < -0.4 is 5.32 Å². The van der Waals surface area contributed by atoms with Crippen molar-refractivity contribution >= 4 is 5.69 Å². The van der Waals surface area contributed by atoms with E-state index in [1.165, 1.54) is 0 Å². The molecule has 2 aromatic heterocycles. The van der Waals surface area contributed by atoms with Crippen molar-refractivity contribution in [3.8, 4) is 0 Å². The van der Waals surface area contributed by atoms with Crippen LogP contribution in [0.4, 0.5) is 5.69 Å². The topological polar surface area (TPSA) is 79.4 Å². The summed E-state index contributed by atoms with van der Waals surface area (Å²) in [6.45, 7) is 3.92. The van der Waals surface area contributed by atoms with Crippen LogP contribution in [0.3, 0.4) is 0 Å². The molecule has 1 atom stereocenters. The summed E-state index contributed by atoms with van der Waals surface area (Å²) in [5, 5.41) is 17.0. The molecule has 2 rings (SSSR count). The van der Waals surface area contributed by atoms with Crippen molar-refractivity contribution < 1.29 is 0 Å². The third-order valence-corrected chi connectivity index (χ3v) is 2.03. The van der Waals surface area contributed by atoms with E-state index in [-0.39, 0.29) is 6.04 Å². The Labute approximate surface area is 87.1 Å². The summed E-state index contributed by atoms with van der Waals surface area (Å²) >= 11 is 0. The number of aromatic amines is 1. The Morgan fingerprint density at radius 3 is 3.00 bits per heavy atom.